The van der Waals surface area contributed by atoms with Crippen LogP contribution in [0.15, 0.2) is 0 Å². The molecule has 3 amide bonds. The number of hydrogen-bond acceptors (Lipinski definition) is 2. The second-order valence-electron chi connectivity index (χ2n) is 2.49. The molecule has 0 aromatic rings. The molecule has 4 nitrogen and oxygen atoms in total. The quantitative estimate of drug-likeness (QED) is 0.726. The maximum absolute atomic E-state index is 11.3. The lowest BCUT2D eigenvalue weighted by atomic mass is 10.0. The van der Waals surface area contributed by atoms with Gasteiger partial charge in [0.05, 0.1) is 0 Å². The average Bonchev–Trinajstić information content (AvgIpc) is 2.02. The molecule has 0 aliphatic carbocycles. The van der Waals surface area contributed by atoms with Gasteiger partial charge in [-0.15, -0.1) is 0 Å². The molecule has 0 bridgehead atoms. The number of halogens is 1. The number of carbonyl (C=O) groups excluding carboxylic acids is 2. The van der Waals surface area contributed by atoms with E-state index in [9.17, 15) is 9.59 Å². The Kier molecular flexibility index (Phi) is 4.23. The Labute approximate surface area is 81.5 Å². The topological polar surface area (TPSA) is 72.2 Å². The fourth-order valence-electron chi connectivity index (χ4n) is 0.795. The Morgan fingerprint density at radius 1 is 1.50 bits per heavy atom. The summed E-state index contributed by atoms with van der Waals surface area (Å²) in [5, 5.41) is 2.04. The van der Waals surface area contributed by atoms with Crippen molar-refractivity contribution in [3.8, 4) is 0 Å². The SMILES string of the molecule is CCC(Br)(CC)C(=O)NC(N)=O.[H+]. The van der Waals surface area contributed by atoms with E-state index in [2.05, 4.69) is 15.9 Å². The molecule has 0 rings (SSSR count). The van der Waals surface area contributed by atoms with Crippen LogP contribution in [0.3, 0.4) is 0 Å². The number of rotatable bonds is 3. The molecule has 5 heteroatoms. The third kappa shape index (κ3) is 2.81. The van der Waals surface area contributed by atoms with Crippen LogP contribution in [0.2, 0.25) is 0 Å². The molecule has 0 atom stereocenters. The summed E-state index contributed by atoms with van der Waals surface area (Å²) in [6.07, 6.45) is 1.23. The lowest BCUT2D eigenvalue weighted by Gasteiger charge is -2.21. The summed E-state index contributed by atoms with van der Waals surface area (Å²) in [6, 6.07) is -0.814. The van der Waals surface area contributed by atoms with Crippen LogP contribution in [-0.2, 0) is 4.79 Å². The number of urea groups is 1. The van der Waals surface area contributed by atoms with Crippen LogP contribution in [-0.4, -0.2) is 16.3 Å². The maximum atomic E-state index is 11.3. The second-order valence-corrected chi connectivity index (χ2v) is 4.01. The first-order chi connectivity index (χ1) is 5.46. The van der Waals surface area contributed by atoms with Gasteiger partial charge in [0.25, 0.3) is 0 Å². The van der Waals surface area contributed by atoms with Gasteiger partial charge in [-0.1, -0.05) is 29.8 Å². The van der Waals surface area contributed by atoms with Crippen LogP contribution >= 0.6 is 15.9 Å². The molecule has 0 spiro atoms. The van der Waals surface area contributed by atoms with Crippen molar-refractivity contribution in [1.82, 2.24) is 5.32 Å². The number of nitrogens with one attached hydrogen (secondary N) is 1. The van der Waals surface area contributed by atoms with E-state index < -0.39 is 10.4 Å². The molecular formula is C7H14BrN2O2+. The molecule has 0 unspecified atom stereocenters. The first-order valence-electron chi connectivity index (χ1n) is 3.76. The van der Waals surface area contributed by atoms with E-state index in [4.69, 9.17) is 5.73 Å². The summed E-state index contributed by atoms with van der Waals surface area (Å²) < 4.78 is -0.665. The molecule has 0 aromatic carbocycles. The van der Waals surface area contributed by atoms with Gasteiger partial charge in [-0.2, -0.15) is 0 Å². The highest BCUT2D eigenvalue weighted by Gasteiger charge is 2.32. The monoisotopic (exact) mass is 237 g/mol. The Hall–Kier alpha value is -0.580. The summed E-state index contributed by atoms with van der Waals surface area (Å²) in [7, 11) is 0. The molecule has 0 aliphatic heterocycles. The highest BCUT2D eigenvalue weighted by Crippen LogP contribution is 2.26. The molecule has 0 saturated carbocycles. The summed E-state index contributed by atoms with van der Waals surface area (Å²) in [5.74, 6) is -0.375. The van der Waals surface area contributed by atoms with Crippen molar-refractivity contribution < 1.29 is 11.0 Å². The zero-order valence-electron chi connectivity index (χ0n) is 8.19. The smallest absolute Gasteiger partial charge is 0.351 e. The van der Waals surface area contributed by atoms with Crippen molar-refractivity contribution in [2.45, 2.75) is 31.0 Å². The van der Waals surface area contributed by atoms with Crippen molar-refractivity contribution in [3.63, 3.8) is 0 Å². The van der Waals surface area contributed by atoms with Gasteiger partial charge in [0.2, 0.25) is 5.91 Å². The first kappa shape index (κ1) is 11.4. The van der Waals surface area contributed by atoms with Crippen molar-refractivity contribution in [2.75, 3.05) is 0 Å². The van der Waals surface area contributed by atoms with Crippen LogP contribution in [0.1, 0.15) is 28.1 Å². The zero-order valence-corrected chi connectivity index (χ0v) is 8.77. The molecule has 0 saturated heterocycles. The number of imide groups is 1. The number of alkyl halides is 1. The van der Waals surface area contributed by atoms with Crippen molar-refractivity contribution >= 4 is 27.9 Å². The molecule has 0 fully saturated rings. The molecule has 12 heavy (non-hydrogen) atoms. The minimum Gasteiger partial charge on any atom is -0.351 e. The van der Waals surface area contributed by atoms with E-state index in [1.54, 1.807) is 0 Å². The number of hydrogen-bond donors (Lipinski definition) is 2. The lowest BCUT2D eigenvalue weighted by molar-refractivity contribution is -0.122. The van der Waals surface area contributed by atoms with E-state index in [1.165, 1.54) is 0 Å². The highest BCUT2D eigenvalue weighted by atomic mass is 79.9. The third-order valence-electron chi connectivity index (χ3n) is 1.76. The van der Waals surface area contributed by atoms with Gasteiger partial charge in [0, 0.05) is 0 Å². The molecular weight excluding hydrogens is 224 g/mol. The normalized spacial score (nSPS) is 10.9. The Balaban J connectivity index is 0. The summed E-state index contributed by atoms with van der Waals surface area (Å²) in [5.41, 5.74) is 4.81. The van der Waals surface area contributed by atoms with E-state index in [1.807, 2.05) is 19.2 Å². The van der Waals surface area contributed by atoms with Crippen molar-refractivity contribution in [3.05, 3.63) is 0 Å². The summed E-state index contributed by atoms with van der Waals surface area (Å²) in [4.78, 5) is 21.6. The predicted octanol–water partition coefficient (Wildman–Crippen LogP) is 1.25. The van der Waals surface area contributed by atoms with Crippen LogP contribution < -0.4 is 11.1 Å². The molecule has 0 aliphatic rings. The maximum Gasteiger partial charge on any atom is 1.00 e. The Bertz CT molecular complexity index is 195. The number of primary amides is 1. The van der Waals surface area contributed by atoms with Gasteiger partial charge in [0.1, 0.15) is 4.32 Å². The molecule has 70 valence electrons. The molecule has 0 aromatic heterocycles. The average molecular weight is 238 g/mol. The first-order valence-corrected chi connectivity index (χ1v) is 4.55. The molecule has 0 heterocycles. The van der Waals surface area contributed by atoms with Crippen molar-refractivity contribution in [2.24, 2.45) is 5.73 Å². The van der Waals surface area contributed by atoms with E-state index in [0.717, 1.165) is 0 Å². The highest BCUT2D eigenvalue weighted by molar-refractivity contribution is 9.10. The Morgan fingerprint density at radius 3 is 2.17 bits per heavy atom. The fraction of sp³-hybridized carbons (Fsp3) is 0.714. The predicted molar refractivity (Wildman–Crippen MR) is 51.1 cm³/mol. The minimum absolute atomic E-state index is 0. The van der Waals surface area contributed by atoms with E-state index in [0.29, 0.717) is 12.8 Å². The molecule has 0 radical (unpaired) electrons. The number of nitrogens with two attached hydrogens (primary N) is 1. The van der Waals surface area contributed by atoms with Crippen molar-refractivity contribution in [1.29, 1.82) is 0 Å². The molecule has 3 N–H and O–H groups in total. The van der Waals surface area contributed by atoms with Gasteiger partial charge < -0.3 is 5.73 Å². The number of carbonyl (C=O) groups is 2. The van der Waals surface area contributed by atoms with Gasteiger partial charge in [-0.05, 0) is 12.8 Å². The fourth-order valence-corrected chi connectivity index (χ4v) is 0.894. The van der Waals surface area contributed by atoms with E-state index in [-0.39, 0.29) is 7.33 Å². The van der Waals surface area contributed by atoms with Crippen LogP contribution in [0.5, 0.6) is 0 Å². The summed E-state index contributed by atoms with van der Waals surface area (Å²) >= 11 is 3.26. The summed E-state index contributed by atoms with van der Waals surface area (Å²) in [6.45, 7) is 3.72. The van der Waals surface area contributed by atoms with Crippen LogP contribution in [0.4, 0.5) is 4.79 Å². The van der Waals surface area contributed by atoms with Crippen LogP contribution in [0.25, 0.3) is 0 Å². The number of amides is 3. The lowest BCUT2D eigenvalue weighted by Crippen LogP contribution is -2.46. The zero-order chi connectivity index (χ0) is 9.78. The Morgan fingerprint density at radius 2 is 1.92 bits per heavy atom. The third-order valence-corrected chi connectivity index (χ3v) is 3.25. The largest absolute Gasteiger partial charge is 1.00 e. The second kappa shape index (κ2) is 4.45. The van der Waals surface area contributed by atoms with Gasteiger partial charge in [-0.3, -0.25) is 10.1 Å². The van der Waals surface area contributed by atoms with Gasteiger partial charge in [0.15, 0.2) is 0 Å². The van der Waals surface area contributed by atoms with Crippen LogP contribution in [0, 0.1) is 0 Å². The standard InChI is InChI=1S/C7H13BrN2O2/c1-3-7(8,4-2)5(11)10-6(9)12/h3-4H2,1-2H3,(H3,9,10,11,12)/p+1. The van der Waals surface area contributed by atoms with Gasteiger partial charge >= 0.3 is 7.46 Å². The minimum atomic E-state index is -0.814. The van der Waals surface area contributed by atoms with Gasteiger partial charge in [-0.25, -0.2) is 4.79 Å². The van der Waals surface area contributed by atoms with E-state index >= 15 is 0 Å².